The highest BCUT2D eigenvalue weighted by molar-refractivity contribution is 6.34. The molecule has 0 aliphatic heterocycles. The Hall–Kier alpha value is -2.62. The number of nitrogen functional groups attached to an aromatic ring is 1. The molecule has 2 aromatic carbocycles. The van der Waals surface area contributed by atoms with Gasteiger partial charge in [-0.1, -0.05) is 17.7 Å². The van der Waals surface area contributed by atoms with Crippen LogP contribution in [0.1, 0.15) is 15.9 Å². The Morgan fingerprint density at radius 1 is 1.33 bits per heavy atom. The van der Waals surface area contributed by atoms with E-state index in [0.717, 1.165) is 0 Å². The first-order valence-corrected chi connectivity index (χ1v) is 6.20. The monoisotopic (exact) mass is 304 g/mol. The number of para-hydroxylation sites is 1. The van der Waals surface area contributed by atoms with Crippen LogP contribution in [0, 0.1) is 17.1 Å². The van der Waals surface area contributed by atoms with Crippen molar-refractivity contribution in [1.29, 1.82) is 5.26 Å². The molecule has 1 amide bonds. The summed E-state index contributed by atoms with van der Waals surface area (Å²) in [5.41, 5.74) is 2.64. The largest absolute Gasteiger partial charge is 0.321 e. The van der Waals surface area contributed by atoms with Gasteiger partial charge in [-0.05, 0) is 30.3 Å². The molecule has 0 aliphatic rings. The Morgan fingerprint density at radius 2 is 2.10 bits per heavy atom. The lowest BCUT2D eigenvalue weighted by molar-refractivity contribution is 0.102. The van der Waals surface area contributed by atoms with E-state index < -0.39 is 11.7 Å². The fourth-order valence-electron chi connectivity index (χ4n) is 1.74. The molecule has 0 unspecified atom stereocenters. The molecule has 2 rings (SSSR count). The third-order valence-electron chi connectivity index (χ3n) is 2.75. The third kappa shape index (κ3) is 3.11. The molecule has 2 aromatic rings. The van der Waals surface area contributed by atoms with E-state index in [1.165, 1.54) is 36.4 Å². The summed E-state index contributed by atoms with van der Waals surface area (Å²) in [4.78, 5) is 12.2. The number of nitriles is 1. The van der Waals surface area contributed by atoms with E-state index in [2.05, 4.69) is 10.7 Å². The highest BCUT2D eigenvalue weighted by Gasteiger charge is 2.15. The first kappa shape index (κ1) is 14.8. The number of benzene rings is 2. The van der Waals surface area contributed by atoms with E-state index in [1.54, 1.807) is 0 Å². The maximum atomic E-state index is 13.6. The number of anilines is 2. The summed E-state index contributed by atoms with van der Waals surface area (Å²) >= 11 is 5.95. The van der Waals surface area contributed by atoms with Crippen LogP contribution in [0.25, 0.3) is 0 Å². The van der Waals surface area contributed by atoms with Gasteiger partial charge in [-0.2, -0.15) is 5.26 Å². The van der Waals surface area contributed by atoms with Crippen molar-refractivity contribution in [3.05, 3.63) is 58.4 Å². The summed E-state index contributed by atoms with van der Waals surface area (Å²) in [6.07, 6.45) is 0. The minimum atomic E-state index is -0.651. The molecule has 0 saturated heterocycles. The second kappa shape index (κ2) is 6.22. The lowest BCUT2D eigenvalue weighted by atomic mass is 10.1. The highest BCUT2D eigenvalue weighted by Crippen LogP contribution is 2.25. The fourth-order valence-corrected chi connectivity index (χ4v) is 1.91. The number of halogens is 2. The lowest BCUT2D eigenvalue weighted by Crippen LogP contribution is -2.18. The van der Waals surface area contributed by atoms with Crippen molar-refractivity contribution >= 4 is 28.9 Å². The van der Waals surface area contributed by atoms with Gasteiger partial charge in [0.15, 0.2) is 0 Å². The second-order valence-corrected chi connectivity index (χ2v) is 4.47. The summed E-state index contributed by atoms with van der Waals surface area (Å²) in [6, 6.07) is 10.3. The number of carbonyl (C=O) groups is 1. The van der Waals surface area contributed by atoms with E-state index in [4.69, 9.17) is 22.7 Å². The summed E-state index contributed by atoms with van der Waals surface area (Å²) in [7, 11) is 0. The van der Waals surface area contributed by atoms with Crippen LogP contribution in [0.15, 0.2) is 36.4 Å². The summed E-state index contributed by atoms with van der Waals surface area (Å²) in [6.45, 7) is 0. The molecule has 0 fully saturated rings. The van der Waals surface area contributed by atoms with E-state index in [9.17, 15) is 9.18 Å². The number of hydrazine groups is 1. The van der Waals surface area contributed by atoms with E-state index in [0.29, 0.717) is 5.56 Å². The first-order valence-electron chi connectivity index (χ1n) is 5.83. The van der Waals surface area contributed by atoms with Gasteiger partial charge in [0, 0.05) is 0 Å². The zero-order valence-electron chi connectivity index (χ0n) is 10.7. The number of nitrogens with zero attached hydrogens (tertiary/aromatic N) is 1. The molecular formula is C14H10ClFN4O. The zero-order valence-corrected chi connectivity index (χ0v) is 11.4. The number of hydrogen-bond acceptors (Lipinski definition) is 4. The molecule has 5 nitrogen and oxygen atoms in total. The van der Waals surface area contributed by atoms with Crippen LogP contribution in [0.2, 0.25) is 5.02 Å². The molecule has 0 aromatic heterocycles. The first-order chi connectivity index (χ1) is 10.1. The summed E-state index contributed by atoms with van der Waals surface area (Å²) in [5, 5.41) is 11.6. The van der Waals surface area contributed by atoms with Crippen LogP contribution < -0.4 is 16.6 Å². The van der Waals surface area contributed by atoms with Gasteiger partial charge in [0.05, 0.1) is 33.6 Å². The van der Waals surface area contributed by atoms with Gasteiger partial charge in [-0.3, -0.25) is 10.6 Å². The van der Waals surface area contributed by atoms with Crippen molar-refractivity contribution in [2.24, 2.45) is 5.84 Å². The second-order valence-electron chi connectivity index (χ2n) is 4.07. The molecule has 0 radical (unpaired) electrons. The molecule has 4 N–H and O–H groups in total. The number of carbonyl (C=O) groups excluding carboxylic acids is 1. The Balaban J connectivity index is 2.35. The van der Waals surface area contributed by atoms with Gasteiger partial charge in [0.2, 0.25) is 0 Å². The van der Waals surface area contributed by atoms with Crippen molar-refractivity contribution in [2.45, 2.75) is 0 Å². The maximum absolute atomic E-state index is 13.6. The lowest BCUT2D eigenvalue weighted by Gasteiger charge is -2.11. The molecule has 7 heteroatoms. The van der Waals surface area contributed by atoms with Crippen LogP contribution in [0.5, 0.6) is 0 Å². The number of hydrogen-bond donors (Lipinski definition) is 3. The van der Waals surface area contributed by atoms with Crippen LogP contribution >= 0.6 is 11.6 Å². The normalized spacial score (nSPS) is 9.81. The van der Waals surface area contributed by atoms with Gasteiger partial charge in [-0.15, -0.1) is 0 Å². The maximum Gasteiger partial charge on any atom is 0.257 e. The Kier molecular flexibility index (Phi) is 4.38. The Bertz CT molecular complexity index is 742. The average molecular weight is 305 g/mol. The zero-order chi connectivity index (χ0) is 15.4. The number of amides is 1. The number of rotatable bonds is 3. The van der Waals surface area contributed by atoms with Gasteiger partial charge in [0.25, 0.3) is 5.91 Å². The van der Waals surface area contributed by atoms with Gasteiger partial charge >= 0.3 is 0 Å². The van der Waals surface area contributed by atoms with Gasteiger partial charge in [-0.25, -0.2) is 4.39 Å². The quantitative estimate of drug-likeness (QED) is 0.600. The number of nitrogens with two attached hydrogens (primary N) is 1. The summed E-state index contributed by atoms with van der Waals surface area (Å²) < 4.78 is 13.6. The molecule has 0 heterocycles. The van der Waals surface area contributed by atoms with E-state index in [1.807, 2.05) is 6.07 Å². The molecule has 0 atom stereocenters. The topological polar surface area (TPSA) is 90.9 Å². The van der Waals surface area contributed by atoms with Crippen LogP contribution in [0.4, 0.5) is 15.8 Å². The van der Waals surface area contributed by atoms with Crippen LogP contribution in [-0.4, -0.2) is 5.91 Å². The standard InChI is InChI=1S/C14H10ClFN4O/c15-10-5-4-8(7-17)6-12(10)19-14(21)9-2-1-3-11(16)13(9)20-18/h1-6,20H,18H2,(H,19,21). The molecular weight excluding hydrogens is 295 g/mol. The molecule has 0 spiro atoms. The molecule has 106 valence electrons. The van der Waals surface area contributed by atoms with Gasteiger partial charge in [0.1, 0.15) is 5.82 Å². The van der Waals surface area contributed by atoms with Crippen molar-refractivity contribution in [3.8, 4) is 6.07 Å². The third-order valence-corrected chi connectivity index (χ3v) is 3.08. The van der Waals surface area contributed by atoms with Crippen LogP contribution in [-0.2, 0) is 0 Å². The smallest absolute Gasteiger partial charge is 0.257 e. The molecule has 0 bridgehead atoms. The SMILES string of the molecule is N#Cc1ccc(Cl)c(NC(=O)c2cccc(F)c2NN)c1. The predicted molar refractivity (Wildman–Crippen MR) is 78.3 cm³/mol. The van der Waals surface area contributed by atoms with Crippen molar-refractivity contribution in [3.63, 3.8) is 0 Å². The van der Waals surface area contributed by atoms with Crippen molar-refractivity contribution in [1.82, 2.24) is 0 Å². The fraction of sp³-hybridized carbons (Fsp3) is 0. The van der Waals surface area contributed by atoms with Gasteiger partial charge < -0.3 is 10.7 Å². The molecule has 0 saturated carbocycles. The summed E-state index contributed by atoms with van der Waals surface area (Å²) in [5.74, 6) is 3.97. The predicted octanol–water partition coefficient (Wildman–Crippen LogP) is 2.89. The van der Waals surface area contributed by atoms with E-state index in [-0.39, 0.29) is 22.0 Å². The molecule has 0 aliphatic carbocycles. The van der Waals surface area contributed by atoms with E-state index >= 15 is 0 Å². The van der Waals surface area contributed by atoms with Crippen LogP contribution in [0.3, 0.4) is 0 Å². The number of nitrogens with one attached hydrogen (secondary N) is 2. The Morgan fingerprint density at radius 3 is 2.76 bits per heavy atom. The molecule has 21 heavy (non-hydrogen) atoms. The minimum Gasteiger partial charge on any atom is -0.321 e. The Labute approximate surface area is 125 Å². The minimum absolute atomic E-state index is 0.0240. The average Bonchev–Trinajstić information content (AvgIpc) is 2.49. The van der Waals surface area contributed by atoms with Crippen molar-refractivity contribution < 1.29 is 9.18 Å². The van der Waals surface area contributed by atoms with Crippen molar-refractivity contribution in [2.75, 3.05) is 10.7 Å². The highest BCUT2D eigenvalue weighted by atomic mass is 35.5.